The average molecular weight is 365 g/mol. The molecule has 22 heavy (non-hydrogen) atoms. The van der Waals surface area contributed by atoms with E-state index in [4.69, 9.17) is 0 Å². The first kappa shape index (κ1) is 16.0. The summed E-state index contributed by atoms with van der Waals surface area (Å²) in [7, 11) is 0. The van der Waals surface area contributed by atoms with Gasteiger partial charge in [-0.15, -0.1) is 0 Å². The first-order chi connectivity index (χ1) is 10.3. The van der Waals surface area contributed by atoms with E-state index in [1.54, 1.807) is 13.0 Å². The molecule has 2 rings (SSSR count). The molecule has 0 aliphatic heterocycles. The maximum Gasteiger partial charge on any atom is 0.312 e. The van der Waals surface area contributed by atoms with E-state index in [1.165, 1.54) is 18.3 Å². The van der Waals surface area contributed by atoms with Crippen LogP contribution < -0.4 is 0 Å². The van der Waals surface area contributed by atoms with Crippen LogP contribution in [0, 0.1) is 24.0 Å². The van der Waals surface area contributed by atoms with Crippen LogP contribution in [-0.4, -0.2) is 21.4 Å². The number of rotatable bonds is 3. The summed E-state index contributed by atoms with van der Waals surface area (Å²) >= 11 is 3.15. The number of aryl methyl sites for hydroxylation is 2. The Hall–Kier alpha value is -2.41. The molecule has 0 atom stereocenters. The van der Waals surface area contributed by atoms with Crippen LogP contribution in [0.4, 0.5) is 11.4 Å². The Morgan fingerprint density at radius 3 is 2.50 bits per heavy atom. The zero-order valence-electron chi connectivity index (χ0n) is 11.9. The molecule has 0 aromatic heterocycles. The Bertz CT molecular complexity index is 788. The van der Waals surface area contributed by atoms with E-state index in [0.717, 1.165) is 5.56 Å². The summed E-state index contributed by atoms with van der Waals surface area (Å²) in [5, 5.41) is 30.8. The molecule has 0 fully saturated rings. The van der Waals surface area contributed by atoms with Gasteiger partial charge in [0.25, 0.3) is 0 Å². The van der Waals surface area contributed by atoms with Crippen LogP contribution in [0.15, 0.2) is 33.7 Å². The first-order valence-corrected chi connectivity index (χ1v) is 7.10. The minimum Gasteiger partial charge on any atom is -0.505 e. The quantitative estimate of drug-likeness (QED) is 0.486. The fourth-order valence-electron chi connectivity index (χ4n) is 2.02. The molecule has 2 N–H and O–H groups in total. The van der Waals surface area contributed by atoms with Gasteiger partial charge in [0.15, 0.2) is 0 Å². The summed E-state index contributed by atoms with van der Waals surface area (Å²) in [4.78, 5) is 14.3. The van der Waals surface area contributed by atoms with E-state index in [2.05, 4.69) is 20.9 Å². The van der Waals surface area contributed by atoms with Gasteiger partial charge in [0, 0.05) is 22.3 Å². The predicted molar refractivity (Wildman–Crippen MR) is 87.3 cm³/mol. The molecule has 0 saturated heterocycles. The molecule has 2 aromatic carbocycles. The van der Waals surface area contributed by atoms with Crippen molar-refractivity contribution in [3.63, 3.8) is 0 Å². The van der Waals surface area contributed by atoms with Gasteiger partial charge in [0.2, 0.25) is 5.75 Å². The second-order valence-electron chi connectivity index (χ2n) is 4.83. The number of aliphatic imine (C=N–C) groups is 1. The normalized spacial score (nSPS) is 11.0. The molecule has 114 valence electrons. The van der Waals surface area contributed by atoms with Crippen LogP contribution in [-0.2, 0) is 0 Å². The average Bonchev–Trinajstić information content (AvgIpc) is 2.43. The Balaban J connectivity index is 2.49. The number of nitro benzene ring substituents is 1. The molecule has 7 heteroatoms. The van der Waals surface area contributed by atoms with E-state index in [9.17, 15) is 20.3 Å². The summed E-state index contributed by atoms with van der Waals surface area (Å²) < 4.78 is 0.447. The summed E-state index contributed by atoms with van der Waals surface area (Å²) in [6, 6.07) is 6.21. The highest BCUT2D eigenvalue weighted by molar-refractivity contribution is 9.10. The third kappa shape index (κ3) is 3.25. The van der Waals surface area contributed by atoms with Crippen molar-refractivity contribution in [1.82, 2.24) is 0 Å². The lowest BCUT2D eigenvalue weighted by atomic mass is 10.1. The third-order valence-corrected chi connectivity index (χ3v) is 3.51. The Kier molecular flexibility index (Phi) is 4.46. The van der Waals surface area contributed by atoms with Crippen molar-refractivity contribution in [2.45, 2.75) is 13.8 Å². The van der Waals surface area contributed by atoms with Crippen LogP contribution in [0.25, 0.3) is 0 Å². The molecule has 0 saturated carbocycles. The standard InChI is InChI=1S/C15H13BrN2O4/c1-8-3-9(2)14(19)12(4-8)17-7-10-5-11(16)6-13(15(10)20)18(21)22/h3-7,19-20H,1-2H3. The summed E-state index contributed by atoms with van der Waals surface area (Å²) in [5.41, 5.74) is 1.70. The van der Waals surface area contributed by atoms with Gasteiger partial charge < -0.3 is 10.2 Å². The lowest BCUT2D eigenvalue weighted by molar-refractivity contribution is -0.385. The van der Waals surface area contributed by atoms with E-state index in [0.29, 0.717) is 15.7 Å². The minimum absolute atomic E-state index is 0.0332. The third-order valence-electron chi connectivity index (χ3n) is 3.05. The van der Waals surface area contributed by atoms with Crippen molar-refractivity contribution >= 4 is 33.5 Å². The number of hydrogen-bond acceptors (Lipinski definition) is 5. The summed E-state index contributed by atoms with van der Waals surface area (Å²) in [5.74, 6) is -0.438. The molecule has 0 bridgehead atoms. The van der Waals surface area contributed by atoms with Crippen molar-refractivity contribution in [3.05, 3.63) is 55.5 Å². The van der Waals surface area contributed by atoms with Crippen LogP contribution in [0.5, 0.6) is 11.5 Å². The molecule has 2 aromatic rings. The van der Waals surface area contributed by atoms with E-state index >= 15 is 0 Å². The number of nitrogens with zero attached hydrogens (tertiary/aromatic N) is 2. The minimum atomic E-state index is -0.675. The number of hydrogen-bond donors (Lipinski definition) is 2. The van der Waals surface area contributed by atoms with Crippen LogP contribution >= 0.6 is 15.9 Å². The van der Waals surface area contributed by atoms with Crippen molar-refractivity contribution in [2.75, 3.05) is 0 Å². The van der Waals surface area contributed by atoms with Gasteiger partial charge in [-0.25, -0.2) is 0 Å². The molecule has 0 aliphatic rings. The molecule has 6 nitrogen and oxygen atoms in total. The van der Waals surface area contributed by atoms with Crippen molar-refractivity contribution < 1.29 is 15.1 Å². The summed E-state index contributed by atoms with van der Waals surface area (Å²) in [6.45, 7) is 3.62. The number of halogens is 1. The molecule has 0 aliphatic carbocycles. The Labute approximate surface area is 135 Å². The second kappa shape index (κ2) is 6.15. The van der Waals surface area contributed by atoms with E-state index in [1.807, 2.05) is 13.0 Å². The predicted octanol–water partition coefficient (Wildman–Crippen LogP) is 4.14. The van der Waals surface area contributed by atoms with E-state index < -0.39 is 16.4 Å². The fourth-order valence-corrected chi connectivity index (χ4v) is 2.48. The van der Waals surface area contributed by atoms with Crippen LogP contribution in [0.3, 0.4) is 0 Å². The molecule has 0 spiro atoms. The maximum absolute atomic E-state index is 10.9. The highest BCUT2D eigenvalue weighted by Gasteiger charge is 2.17. The highest BCUT2D eigenvalue weighted by atomic mass is 79.9. The van der Waals surface area contributed by atoms with Gasteiger partial charge in [-0.1, -0.05) is 22.0 Å². The topological polar surface area (TPSA) is 96.0 Å². The number of aromatic hydroxyl groups is 2. The number of nitro groups is 1. The summed E-state index contributed by atoms with van der Waals surface area (Å²) in [6.07, 6.45) is 1.28. The smallest absolute Gasteiger partial charge is 0.312 e. The lowest BCUT2D eigenvalue weighted by Gasteiger charge is -2.05. The number of phenols is 2. The van der Waals surface area contributed by atoms with Gasteiger partial charge in [-0.2, -0.15) is 0 Å². The molecular formula is C15H13BrN2O4. The van der Waals surface area contributed by atoms with E-state index in [-0.39, 0.29) is 11.3 Å². The number of benzene rings is 2. The molecular weight excluding hydrogens is 352 g/mol. The highest BCUT2D eigenvalue weighted by Crippen LogP contribution is 2.34. The van der Waals surface area contributed by atoms with Gasteiger partial charge in [0.05, 0.1) is 4.92 Å². The SMILES string of the molecule is Cc1cc(C)c(O)c(N=Cc2cc(Br)cc([N+](=O)[O-])c2O)c1. The molecule has 0 amide bonds. The van der Waals surface area contributed by atoms with Gasteiger partial charge in [-0.05, 0) is 37.1 Å². The van der Waals surface area contributed by atoms with Crippen LogP contribution in [0.2, 0.25) is 0 Å². The Morgan fingerprint density at radius 1 is 1.18 bits per heavy atom. The molecule has 0 radical (unpaired) electrons. The van der Waals surface area contributed by atoms with Crippen molar-refractivity contribution in [1.29, 1.82) is 0 Å². The van der Waals surface area contributed by atoms with Crippen molar-refractivity contribution in [3.8, 4) is 11.5 Å². The van der Waals surface area contributed by atoms with Gasteiger partial charge in [0.1, 0.15) is 11.4 Å². The zero-order chi connectivity index (χ0) is 16.4. The van der Waals surface area contributed by atoms with Crippen molar-refractivity contribution in [2.24, 2.45) is 4.99 Å². The number of phenolic OH excluding ortho intramolecular Hbond substituents is 2. The Morgan fingerprint density at radius 2 is 1.86 bits per heavy atom. The lowest BCUT2D eigenvalue weighted by Crippen LogP contribution is -1.92. The monoisotopic (exact) mass is 364 g/mol. The zero-order valence-corrected chi connectivity index (χ0v) is 13.5. The second-order valence-corrected chi connectivity index (χ2v) is 5.74. The first-order valence-electron chi connectivity index (χ1n) is 6.30. The van der Waals surface area contributed by atoms with Crippen LogP contribution in [0.1, 0.15) is 16.7 Å². The maximum atomic E-state index is 10.9. The van der Waals surface area contributed by atoms with Gasteiger partial charge in [-0.3, -0.25) is 15.1 Å². The largest absolute Gasteiger partial charge is 0.505 e. The molecule has 0 unspecified atom stereocenters. The fraction of sp³-hybridized carbons (Fsp3) is 0.133. The van der Waals surface area contributed by atoms with Gasteiger partial charge >= 0.3 is 5.69 Å². The molecule has 0 heterocycles.